The summed E-state index contributed by atoms with van der Waals surface area (Å²) in [4.78, 5) is 12.4. The Hall–Kier alpha value is -0.630. The number of thiophene rings is 1. The summed E-state index contributed by atoms with van der Waals surface area (Å²) in [5.41, 5.74) is 1.34. The molecule has 0 aromatic carbocycles. The fraction of sp³-hybridized carbons (Fsp3) is 0.500. The fourth-order valence-corrected chi connectivity index (χ4v) is 1.88. The minimum Gasteiger partial charge on any atom is -0.300 e. The lowest BCUT2D eigenvalue weighted by molar-refractivity contribution is -0.118. The van der Waals surface area contributed by atoms with E-state index in [2.05, 4.69) is 18.4 Å². The number of Topliss-reactive ketones (excluding diaryl/α,β-unsaturated/α-hetero) is 1. The van der Waals surface area contributed by atoms with Gasteiger partial charge in [0.05, 0.1) is 0 Å². The Morgan fingerprint density at radius 1 is 1.58 bits per heavy atom. The standard InChI is InChI=1S/C10H14OS/c1-3-10(11)5-4-9-6-7-12-8(9)2/h6-7H,3-5H2,1-2H3. The van der Waals surface area contributed by atoms with E-state index < -0.39 is 0 Å². The van der Waals surface area contributed by atoms with Gasteiger partial charge in [0.25, 0.3) is 0 Å². The maximum Gasteiger partial charge on any atom is 0.132 e. The number of aryl methyl sites for hydroxylation is 2. The molecule has 1 aromatic rings. The molecule has 66 valence electrons. The highest BCUT2D eigenvalue weighted by atomic mass is 32.1. The average Bonchev–Trinajstić information content (AvgIpc) is 2.47. The predicted octanol–water partition coefficient (Wildman–Crippen LogP) is 2.97. The summed E-state index contributed by atoms with van der Waals surface area (Å²) >= 11 is 1.75. The van der Waals surface area contributed by atoms with E-state index in [9.17, 15) is 4.79 Å². The van der Waals surface area contributed by atoms with Crippen molar-refractivity contribution in [2.45, 2.75) is 33.1 Å². The molecule has 0 saturated heterocycles. The molecule has 1 nitrogen and oxygen atoms in total. The van der Waals surface area contributed by atoms with Gasteiger partial charge in [-0.3, -0.25) is 4.79 Å². The number of hydrogen-bond acceptors (Lipinski definition) is 2. The fourth-order valence-electron chi connectivity index (χ4n) is 1.12. The van der Waals surface area contributed by atoms with Gasteiger partial charge >= 0.3 is 0 Å². The lowest BCUT2D eigenvalue weighted by Crippen LogP contribution is -1.97. The molecular formula is C10H14OS. The zero-order valence-corrected chi connectivity index (χ0v) is 8.41. The topological polar surface area (TPSA) is 17.1 Å². The SMILES string of the molecule is CCC(=O)CCc1ccsc1C. The van der Waals surface area contributed by atoms with Gasteiger partial charge < -0.3 is 0 Å². The smallest absolute Gasteiger partial charge is 0.132 e. The van der Waals surface area contributed by atoms with Crippen LogP contribution in [0, 0.1) is 6.92 Å². The van der Waals surface area contributed by atoms with Crippen molar-refractivity contribution in [2.75, 3.05) is 0 Å². The molecule has 12 heavy (non-hydrogen) atoms. The Labute approximate surface area is 77.4 Å². The first-order valence-electron chi connectivity index (χ1n) is 4.28. The Bertz CT molecular complexity index is 263. The molecule has 1 aromatic heterocycles. The summed E-state index contributed by atoms with van der Waals surface area (Å²) in [6, 6.07) is 2.11. The second-order valence-corrected chi connectivity index (χ2v) is 4.01. The first-order chi connectivity index (χ1) is 5.74. The van der Waals surface area contributed by atoms with Crippen LogP contribution in [0.15, 0.2) is 11.4 Å². The first kappa shape index (κ1) is 9.46. The maximum absolute atomic E-state index is 11.0. The van der Waals surface area contributed by atoms with Crippen molar-refractivity contribution in [1.82, 2.24) is 0 Å². The highest BCUT2D eigenvalue weighted by Gasteiger charge is 2.02. The minimum absolute atomic E-state index is 0.362. The Balaban J connectivity index is 2.43. The molecule has 0 atom stereocenters. The third kappa shape index (κ3) is 2.45. The molecule has 1 heterocycles. The Morgan fingerprint density at radius 3 is 2.83 bits per heavy atom. The van der Waals surface area contributed by atoms with Crippen LogP contribution in [0.4, 0.5) is 0 Å². The van der Waals surface area contributed by atoms with E-state index in [1.54, 1.807) is 11.3 Å². The second kappa shape index (κ2) is 4.41. The highest BCUT2D eigenvalue weighted by molar-refractivity contribution is 7.10. The van der Waals surface area contributed by atoms with Crippen molar-refractivity contribution in [1.29, 1.82) is 0 Å². The largest absolute Gasteiger partial charge is 0.300 e. The Kier molecular flexibility index (Phi) is 3.48. The van der Waals surface area contributed by atoms with Crippen LogP contribution in [0.1, 0.15) is 30.2 Å². The van der Waals surface area contributed by atoms with Crippen LogP contribution in [-0.2, 0) is 11.2 Å². The van der Waals surface area contributed by atoms with Gasteiger partial charge in [0.1, 0.15) is 5.78 Å². The molecule has 0 unspecified atom stereocenters. The molecule has 0 aliphatic rings. The molecule has 0 spiro atoms. The monoisotopic (exact) mass is 182 g/mol. The average molecular weight is 182 g/mol. The van der Waals surface area contributed by atoms with Crippen LogP contribution >= 0.6 is 11.3 Å². The molecule has 0 saturated carbocycles. The van der Waals surface area contributed by atoms with Crippen LogP contribution in [0.25, 0.3) is 0 Å². The first-order valence-corrected chi connectivity index (χ1v) is 5.16. The minimum atomic E-state index is 0.362. The quantitative estimate of drug-likeness (QED) is 0.699. The summed E-state index contributed by atoms with van der Waals surface area (Å²) < 4.78 is 0. The summed E-state index contributed by atoms with van der Waals surface area (Å²) in [7, 11) is 0. The third-order valence-electron chi connectivity index (χ3n) is 2.03. The van der Waals surface area contributed by atoms with Crippen molar-refractivity contribution < 1.29 is 4.79 Å². The van der Waals surface area contributed by atoms with Gasteiger partial charge in [0, 0.05) is 17.7 Å². The molecular weight excluding hydrogens is 168 g/mol. The van der Waals surface area contributed by atoms with Gasteiger partial charge in [-0.25, -0.2) is 0 Å². The van der Waals surface area contributed by atoms with E-state index in [-0.39, 0.29) is 0 Å². The van der Waals surface area contributed by atoms with Gasteiger partial charge in [-0.1, -0.05) is 6.92 Å². The molecule has 1 rings (SSSR count). The van der Waals surface area contributed by atoms with Crippen molar-refractivity contribution in [3.8, 4) is 0 Å². The summed E-state index contributed by atoms with van der Waals surface area (Å²) in [5.74, 6) is 0.362. The van der Waals surface area contributed by atoms with E-state index in [0.29, 0.717) is 18.6 Å². The number of carbonyl (C=O) groups excluding carboxylic acids is 1. The zero-order valence-electron chi connectivity index (χ0n) is 7.59. The van der Waals surface area contributed by atoms with Crippen molar-refractivity contribution in [2.24, 2.45) is 0 Å². The number of ketones is 1. The number of carbonyl (C=O) groups is 1. The Morgan fingerprint density at radius 2 is 2.33 bits per heavy atom. The van der Waals surface area contributed by atoms with Crippen LogP contribution in [0.3, 0.4) is 0 Å². The van der Waals surface area contributed by atoms with Gasteiger partial charge in [0.2, 0.25) is 0 Å². The van der Waals surface area contributed by atoms with Crippen LogP contribution in [0.2, 0.25) is 0 Å². The van der Waals surface area contributed by atoms with Crippen molar-refractivity contribution in [3.63, 3.8) is 0 Å². The summed E-state index contributed by atoms with van der Waals surface area (Å²) in [5, 5.41) is 2.08. The van der Waals surface area contributed by atoms with Gasteiger partial charge in [0.15, 0.2) is 0 Å². The normalized spacial score (nSPS) is 10.2. The predicted molar refractivity (Wildman–Crippen MR) is 52.7 cm³/mol. The summed E-state index contributed by atoms with van der Waals surface area (Å²) in [6.45, 7) is 4.03. The van der Waals surface area contributed by atoms with Crippen LogP contribution in [-0.4, -0.2) is 5.78 Å². The lowest BCUT2D eigenvalue weighted by atomic mass is 10.1. The lowest BCUT2D eigenvalue weighted by Gasteiger charge is -1.97. The van der Waals surface area contributed by atoms with E-state index in [1.165, 1.54) is 10.4 Å². The van der Waals surface area contributed by atoms with E-state index in [1.807, 2.05) is 6.92 Å². The van der Waals surface area contributed by atoms with Gasteiger partial charge in [-0.15, -0.1) is 11.3 Å². The van der Waals surface area contributed by atoms with E-state index in [0.717, 1.165) is 6.42 Å². The molecule has 0 N–H and O–H groups in total. The van der Waals surface area contributed by atoms with Crippen LogP contribution in [0.5, 0.6) is 0 Å². The molecule has 0 aliphatic heterocycles. The van der Waals surface area contributed by atoms with Crippen LogP contribution < -0.4 is 0 Å². The van der Waals surface area contributed by atoms with Crippen molar-refractivity contribution in [3.05, 3.63) is 21.9 Å². The molecule has 0 aliphatic carbocycles. The maximum atomic E-state index is 11.0. The molecule has 0 radical (unpaired) electrons. The molecule has 2 heteroatoms. The number of rotatable bonds is 4. The van der Waals surface area contributed by atoms with Crippen molar-refractivity contribution >= 4 is 17.1 Å². The molecule has 0 fully saturated rings. The highest BCUT2D eigenvalue weighted by Crippen LogP contribution is 2.16. The zero-order chi connectivity index (χ0) is 8.97. The molecule has 0 bridgehead atoms. The van der Waals surface area contributed by atoms with E-state index >= 15 is 0 Å². The third-order valence-corrected chi connectivity index (χ3v) is 2.92. The van der Waals surface area contributed by atoms with E-state index in [4.69, 9.17) is 0 Å². The summed E-state index contributed by atoms with van der Waals surface area (Å²) in [6.07, 6.45) is 2.29. The van der Waals surface area contributed by atoms with Gasteiger partial charge in [-0.05, 0) is 30.4 Å². The van der Waals surface area contributed by atoms with Gasteiger partial charge in [-0.2, -0.15) is 0 Å². The number of hydrogen-bond donors (Lipinski definition) is 0. The molecule has 0 amide bonds. The second-order valence-electron chi connectivity index (χ2n) is 2.89.